The minimum atomic E-state index is 0.601. The fourth-order valence-electron chi connectivity index (χ4n) is 7.27. The number of thiophene rings is 1. The minimum absolute atomic E-state index is 0.601. The number of rotatable bonds is 4. The Kier molecular flexibility index (Phi) is 5.76. The average Bonchev–Trinajstić information content (AvgIpc) is 3.95. The van der Waals surface area contributed by atoms with Gasteiger partial charge in [0.2, 0.25) is 11.8 Å². The molecule has 0 fully saturated rings. The van der Waals surface area contributed by atoms with Gasteiger partial charge < -0.3 is 13.4 Å². The smallest absolute Gasteiger partial charge is 0.227 e. The van der Waals surface area contributed by atoms with Crippen molar-refractivity contribution in [2.75, 3.05) is 0 Å². The molecule has 0 aliphatic heterocycles. The van der Waals surface area contributed by atoms with Crippen molar-refractivity contribution in [1.82, 2.24) is 14.5 Å². The van der Waals surface area contributed by atoms with Crippen LogP contribution in [0.5, 0.6) is 0 Å². The zero-order chi connectivity index (χ0) is 32.8. The van der Waals surface area contributed by atoms with Crippen molar-refractivity contribution in [3.8, 4) is 39.7 Å². The van der Waals surface area contributed by atoms with Gasteiger partial charge in [-0.1, -0.05) is 66.7 Å². The van der Waals surface area contributed by atoms with Gasteiger partial charge in [-0.05, 0) is 96.1 Å². The van der Waals surface area contributed by atoms with Crippen molar-refractivity contribution < 1.29 is 8.83 Å². The summed E-state index contributed by atoms with van der Waals surface area (Å²) in [5.74, 6) is 1.20. The highest BCUT2D eigenvalue weighted by Crippen LogP contribution is 2.39. The summed E-state index contributed by atoms with van der Waals surface area (Å²) in [4.78, 5) is 9.59. The first-order valence-corrected chi connectivity index (χ1v) is 17.4. The van der Waals surface area contributed by atoms with Gasteiger partial charge in [0.25, 0.3) is 0 Å². The van der Waals surface area contributed by atoms with Gasteiger partial charge >= 0.3 is 0 Å². The van der Waals surface area contributed by atoms with Gasteiger partial charge in [0.05, 0.1) is 11.0 Å². The van der Waals surface area contributed by atoms with Crippen LogP contribution in [0, 0.1) is 0 Å². The molecule has 6 heteroatoms. The molecule has 50 heavy (non-hydrogen) atoms. The Bertz CT molecular complexity index is 2910. The van der Waals surface area contributed by atoms with E-state index in [1.165, 1.54) is 31.3 Å². The summed E-state index contributed by atoms with van der Waals surface area (Å²) >= 11 is 1.85. The molecule has 0 aliphatic rings. The molecule has 0 saturated carbocycles. The molecule has 0 unspecified atom stereocenters. The maximum atomic E-state index is 6.19. The van der Waals surface area contributed by atoms with Crippen LogP contribution in [0.2, 0.25) is 0 Å². The summed E-state index contributed by atoms with van der Waals surface area (Å²) in [6, 6.07) is 53.0. The zero-order valence-electron chi connectivity index (χ0n) is 26.5. The maximum Gasteiger partial charge on any atom is 0.227 e. The number of para-hydroxylation sites is 4. The third-order valence-corrected chi connectivity index (χ3v) is 10.8. The van der Waals surface area contributed by atoms with Gasteiger partial charge in [0, 0.05) is 47.8 Å². The molecule has 11 rings (SSSR count). The Morgan fingerprint density at radius 1 is 0.420 bits per heavy atom. The normalized spacial score (nSPS) is 12.0. The molecular formula is C44H25N3O2S. The summed E-state index contributed by atoms with van der Waals surface area (Å²) in [6.45, 7) is 0. The molecule has 234 valence electrons. The van der Waals surface area contributed by atoms with Crippen LogP contribution < -0.4 is 0 Å². The van der Waals surface area contributed by atoms with Crippen LogP contribution >= 0.6 is 11.3 Å². The van der Waals surface area contributed by atoms with E-state index in [1.807, 2.05) is 59.9 Å². The predicted octanol–water partition coefficient (Wildman–Crippen LogP) is 12.4. The molecule has 0 radical (unpaired) electrons. The first-order valence-electron chi connectivity index (χ1n) is 16.6. The van der Waals surface area contributed by atoms with Gasteiger partial charge in [-0.3, -0.25) is 0 Å². The molecule has 0 spiro atoms. The third kappa shape index (κ3) is 4.19. The highest BCUT2D eigenvalue weighted by molar-refractivity contribution is 7.25. The van der Waals surface area contributed by atoms with Crippen LogP contribution in [-0.2, 0) is 0 Å². The number of nitrogens with zero attached hydrogens (tertiary/aromatic N) is 3. The second-order valence-electron chi connectivity index (χ2n) is 12.6. The summed E-state index contributed by atoms with van der Waals surface area (Å²) in [7, 11) is 0. The summed E-state index contributed by atoms with van der Waals surface area (Å²) in [6.07, 6.45) is 0. The van der Waals surface area contributed by atoms with Crippen molar-refractivity contribution in [3.05, 3.63) is 152 Å². The highest BCUT2D eigenvalue weighted by atomic mass is 32.1. The Labute approximate surface area is 289 Å². The van der Waals surface area contributed by atoms with E-state index in [0.717, 1.165) is 60.8 Å². The fourth-order valence-corrected chi connectivity index (χ4v) is 8.41. The van der Waals surface area contributed by atoms with E-state index in [9.17, 15) is 0 Å². The van der Waals surface area contributed by atoms with E-state index in [4.69, 9.17) is 18.8 Å². The molecule has 0 saturated heterocycles. The van der Waals surface area contributed by atoms with E-state index in [-0.39, 0.29) is 0 Å². The van der Waals surface area contributed by atoms with Gasteiger partial charge in [0.15, 0.2) is 11.2 Å². The van der Waals surface area contributed by atoms with Gasteiger partial charge in [-0.2, -0.15) is 0 Å². The van der Waals surface area contributed by atoms with E-state index < -0.39 is 0 Å². The predicted molar refractivity (Wildman–Crippen MR) is 205 cm³/mol. The van der Waals surface area contributed by atoms with Crippen LogP contribution in [0.15, 0.2) is 160 Å². The molecule has 0 bridgehead atoms. The lowest BCUT2D eigenvalue weighted by Gasteiger charge is -2.10. The third-order valence-electron chi connectivity index (χ3n) is 9.68. The van der Waals surface area contributed by atoms with Crippen LogP contribution in [0.25, 0.3) is 104 Å². The standard InChI is InChI=1S/C44H25N3O2S/c1-6-12-41-31(7-1)32-20-15-27(25-42(32)50-41)26-13-18-30(19-14-26)47-37-21-16-28(43-45-35-8-2-4-10-39(35)48-43)23-33(37)34-24-29(17-22-38(34)47)44-46-36-9-3-5-11-40(36)49-44/h1-25H. The van der Waals surface area contributed by atoms with Crippen molar-refractivity contribution in [2.45, 2.75) is 0 Å². The molecule has 0 atom stereocenters. The Hall–Kier alpha value is -6.50. The summed E-state index contributed by atoms with van der Waals surface area (Å²) < 4.78 is 17.3. The molecule has 4 aromatic heterocycles. The van der Waals surface area contributed by atoms with E-state index in [1.54, 1.807) is 0 Å². The molecule has 0 amide bonds. The quantitative estimate of drug-likeness (QED) is 0.189. The molecule has 0 N–H and O–H groups in total. The van der Waals surface area contributed by atoms with E-state index in [2.05, 4.69) is 108 Å². The monoisotopic (exact) mass is 659 g/mol. The lowest BCUT2D eigenvalue weighted by Crippen LogP contribution is -1.94. The first kappa shape index (κ1) is 27.5. The minimum Gasteiger partial charge on any atom is -0.436 e. The topological polar surface area (TPSA) is 57.0 Å². The average molecular weight is 660 g/mol. The largest absolute Gasteiger partial charge is 0.436 e. The van der Waals surface area contributed by atoms with Gasteiger partial charge in [-0.25, -0.2) is 9.97 Å². The van der Waals surface area contributed by atoms with Crippen molar-refractivity contribution in [2.24, 2.45) is 0 Å². The Morgan fingerprint density at radius 2 is 0.960 bits per heavy atom. The molecular weight excluding hydrogens is 635 g/mol. The van der Waals surface area contributed by atoms with Crippen molar-refractivity contribution in [1.29, 1.82) is 0 Å². The number of hydrogen-bond acceptors (Lipinski definition) is 5. The number of fused-ring (bicyclic) bond motifs is 8. The lowest BCUT2D eigenvalue weighted by molar-refractivity contribution is 0.619. The SMILES string of the molecule is c1ccc2oc(-c3ccc4c(c3)c3cc(-c5nc6ccccc6o5)ccc3n4-c3ccc(-c4ccc5c(c4)sc4ccccc45)cc3)nc2c1. The van der Waals surface area contributed by atoms with Crippen molar-refractivity contribution in [3.63, 3.8) is 0 Å². The van der Waals surface area contributed by atoms with Crippen molar-refractivity contribution >= 4 is 75.5 Å². The van der Waals surface area contributed by atoms with Crippen LogP contribution in [-0.4, -0.2) is 14.5 Å². The molecule has 4 heterocycles. The summed E-state index contributed by atoms with van der Waals surface area (Å²) in [5, 5.41) is 4.82. The first-order chi connectivity index (χ1) is 24.7. The zero-order valence-corrected chi connectivity index (χ0v) is 27.3. The Morgan fingerprint density at radius 3 is 1.60 bits per heavy atom. The molecule has 0 aliphatic carbocycles. The fraction of sp³-hybridized carbons (Fsp3) is 0. The summed E-state index contributed by atoms with van der Waals surface area (Å²) in [5.41, 5.74) is 10.7. The maximum absolute atomic E-state index is 6.19. The molecule has 5 nitrogen and oxygen atoms in total. The molecule has 7 aromatic carbocycles. The number of hydrogen-bond donors (Lipinski definition) is 0. The molecule has 11 aromatic rings. The number of oxazole rings is 2. The van der Waals surface area contributed by atoms with E-state index >= 15 is 0 Å². The second-order valence-corrected chi connectivity index (χ2v) is 13.7. The van der Waals surface area contributed by atoms with Crippen LogP contribution in [0.4, 0.5) is 0 Å². The second kappa shape index (κ2) is 10.5. The van der Waals surface area contributed by atoms with Crippen LogP contribution in [0.3, 0.4) is 0 Å². The van der Waals surface area contributed by atoms with Gasteiger partial charge in [-0.15, -0.1) is 11.3 Å². The number of benzene rings is 7. The Balaban J connectivity index is 1.07. The van der Waals surface area contributed by atoms with E-state index in [0.29, 0.717) is 11.8 Å². The van der Waals surface area contributed by atoms with Gasteiger partial charge in [0.1, 0.15) is 11.0 Å². The van der Waals surface area contributed by atoms with Crippen LogP contribution in [0.1, 0.15) is 0 Å². The lowest BCUT2D eigenvalue weighted by atomic mass is 10.0. The number of aromatic nitrogens is 3. The highest BCUT2D eigenvalue weighted by Gasteiger charge is 2.18.